The number of para-hydroxylation sites is 2. The molecule has 378 valence electrons. The van der Waals surface area contributed by atoms with Crippen molar-refractivity contribution in [3.8, 4) is 11.1 Å². The SMILES string of the molecule is CC(C)(C)c1ccc(N2c3cc(N(c4ccccc4)c4ccccc4)ccc3B3c4cc(C(C)(C)C)ccc4N(c4cccc5c4-c4ccccc4C5(C4=CCCC=C4)c4ccccc4)c4cc(C(C)(C)C)cc2c43)cc1. The molecule has 2 aliphatic heterocycles. The third kappa shape index (κ3) is 7.77. The number of allylic oxidation sites excluding steroid dienone is 4. The average molecular weight is 998 g/mol. The molecule has 13 rings (SSSR count). The van der Waals surface area contributed by atoms with Crippen LogP contribution >= 0.6 is 0 Å². The lowest BCUT2D eigenvalue weighted by Crippen LogP contribution is -2.61. The molecule has 0 spiro atoms. The normalized spacial score (nSPS) is 16.3. The number of benzene rings is 9. The molecular weight excluding hydrogens is 930 g/mol. The number of hydrogen-bond acceptors (Lipinski definition) is 3. The van der Waals surface area contributed by atoms with Crippen LogP contribution in [0.25, 0.3) is 11.1 Å². The zero-order chi connectivity index (χ0) is 53.0. The van der Waals surface area contributed by atoms with E-state index < -0.39 is 5.41 Å². The molecule has 2 aliphatic carbocycles. The number of anilines is 9. The van der Waals surface area contributed by atoms with E-state index in [4.69, 9.17) is 0 Å². The fraction of sp³-hybridized carbons (Fsp3) is 0.205. The molecule has 0 aromatic heterocycles. The van der Waals surface area contributed by atoms with Gasteiger partial charge in [-0.15, -0.1) is 0 Å². The van der Waals surface area contributed by atoms with Crippen molar-refractivity contribution in [3.05, 3.63) is 263 Å². The van der Waals surface area contributed by atoms with Gasteiger partial charge in [0, 0.05) is 51.1 Å². The van der Waals surface area contributed by atoms with Crippen molar-refractivity contribution in [3.63, 3.8) is 0 Å². The van der Waals surface area contributed by atoms with Crippen LogP contribution < -0.4 is 31.1 Å². The van der Waals surface area contributed by atoms with Crippen molar-refractivity contribution in [2.45, 2.75) is 96.8 Å². The van der Waals surface area contributed by atoms with Crippen LogP contribution in [0.5, 0.6) is 0 Å². The minimum absolute atomic E-state index is 0.000765. The maximum Gasteiger partial charge on any atom is 0.252 e. The molecule has 2 heterocycles. The molecule has 0 N–H and O–H groups in total. The number of hydrogen-bond donors (Lipinski definition) is 0. The monoisotopic (exact) mass is 998 g/mol. The van der Waals surface area contributed by atoms with E-state index in [-0.39, 0.29) is 23.0 Å². The summed E-state index contributed by atoms with van der Waals surface area (Å²) in [5.74, 6) is 0. The van der Waals surface area contributed by atoms with Crippen molar-refractivity contribution in [2.75, 3.05) is 14.7 Å². The highest BCUT2D eigenvalue weighted by Gasteiger charge is 2.50. The van der Waals surface area contributed by atoms with Gasteiger partial charge in [0.05, 0.1) is 11.1 Å². The first kappa shape index (κ1) is 48.6. The van der Waals surface area contributed by atoms with E-state index in [1.165, 1.54) is 94.9 Å². The summed E-state index contributed by atoms with van der Waals surface area (Å²) in [6.45, 7) is 21.1. The van der Waals surface area contributed by atoms with Crippen molar-refractivity contribution in [2.24, 2.45) is 0 Å². The van der Waals surface area contributed by atoms with Crippen molar-refractivity contribution >= 4 is 74.3 Å². The standard InChI is InChI=1S/C73H68BN3/c1-70(2,3)49-37-40-56(41-38-49)76-65-48-57(75(54-29-18-12-19-30-54)55-31-20-13-21-32-55)42-43-61(65)74-62-45-52(71(4,5)6)39-44-63(62)77(67-47-53(72(7,8)9)46-66(76)69(67)74)64-36-24-35-60-68(64)58-33-22-23-34-59(58)73(60,50-25-14-10-15-26-50)51-27-16-11-17-28-51/h10,12-16,18-48H,11,17H2,1-9H3. The van der Waals surface area contributed by atoms with Gasteiger partial charge in [0.15, 0.2) is 0 Å². The van der Waals surface area contributed by atoms with Gasteiger partial charge in [-0.1, -0.05) is 214 Å². The van der Waals surface area contributed by atoms with Crippen molar-refractivity contribution in [1.82, 2.24) is 0 Å². The second kappa shape index (κ2) is 18.0. The zero-order valence-corrected chi connectivity index (χ0v) is 46.2. The average Bonchev–Trinajstić information content (AvgIpc) is 4.05. The highest BCUT2D eigenvalue weighted by molar-refractivity contribution is 7.00. The van der Waals surface area contributed by atoms with Gasteiger partial charge < -0.3 is 14.7 Å². The summed E-state index contributed by atoms with van der Waals surface area (Å²) >= 11 is 0. The van der Waals surface area contributed by atoms with Crippen LogP contribution in [-0.4, -0.2) is 6.71 Å². The number of fused-ring (bicyclic) bond motifs is 7. The Morgan fingerprint density at radius 1 is 0.429 bits per heavy atom. The molecule has 0 fully saturated rings. The van der Waals surface area contributed by atoms with Gasteiger partial charge in [0.25, 0.3) is 6.71 Å². The van der Waals surface area contributed by atoms with Crippen LogP contribution in [0.3, 0.4) is 0 Å². The number of nitrogens with zero attached hydrogens (tertiary/aromatic N) is 3. The van der Waals surface area contributed by atoms with E-state index in [0.717, 1.165) is 35.6 Å². The van der Waals surface area contributed by atoms with Crippen molar-refractivity contribution in [1.29, 1.82) is 0 Å². The van der Waals surface area contributed by atoms with Crippen LogP contribution in [-0.2, 0) is 21.7 Å². The fourth-order valence-corrected chi connectivity index (χ4v) is 13.1. The molecule has 3 nitrogen and oxygen atoms in total. The van der Waals surface area contributed by atoms with Crippen LogP contribution in [0, 0.1) is 0 Å². The van der Waals surface area contributed by atoms with Gasteiger partial charge in [0.2, 0.25) is 0 Å². The predicted molar refractivity (Wildman–Crippen MR) is 329 cm³/mol. The Hall–Kier alpha value is -8.08. The fourth-order valence-electron chi connectivity index (χ4n) is 13.1. The van der Waals surface area contributed by atoms with Gasteiger partial charge in [-0.2, -0.15) is 0 Å². The summed E-state index contributed by atoms with van der Waals surface area (Å²) in [6.07, 6.45) is 9.38. The summed E-state index contributed by atoms with van der Waals surface area (Å²) in [5, 5.41) is 0. The van der Waals surface area contributed by atoms with E-state index in [0.29, 0.717) is 0 Å². The second-order valence-electron chi connectivity index (χ2n) is 24.9. The van der Waals surface area contributed by atoms with E-state index in [9.17, 15) is 0 Å². The third-order valence-corrected chi connectivity index (χ3v) is 17.0. The lowest BCUT2D eigenvalue weighted by Gasteiger charge is -2.46. The lowest BCUT2D eigenvalue weighted by atomic mass is 9.33. The van der Waals surface area contributed by atoms with Crippen LogP contribution in [0.1, 0.15) is 109 Å². The molecule has 0 saturated carbocycles. The van der Waals surface area contributed by atoms with E-state index >= 15 is 0 Å². The topological polar surface area (TPSA) is 9.72 Å². The summed E-state index contributed by atoms with van der Waals surface area (Å²) in [7, 11) is 0. The Morgan fingerprint density at radius 3 is 1.66 bits per heavy atom. The Labute approximate surface area is 458 Å². The first-order valence-corrected chi connectivity index (χ1v) is 27.9. The molecule has 9 aromatic rings. The molecule has 1 unspecified atom stereocenters. The van der Waals surface area contributed by atoms with E-state index in [1.807, 2.05) is 0 Å². The third-order valence-electron chi connectivity index (χ3n) is 17.0. The molecule has 0 bridgehead atoms. The quantitative estimate of drug-likeness (QED) is 0.147. The Bertz CT molecular complexity index is 3770. The van der Waals surface area contributed by atoms with Crippen molar-refractivity contribution < 1.29 is 0 Å². The molecule has 0 radical (unpaired) electrons. The predicted octanol–water partition coefficient (Wildman–Crippen LogP) is 17.7. The van der Waals surface area contributed by atoms with Gasteiger partial charge >= 0.3 is 0 Å². The molecule has 4 heteroatoms. The van der Waals surface area contributed by atoms with Gasteiger partial charge in [0.1, 0.15) is 0 Å². The molecule has 4 aliphatic rings. The van der Waals surface area contributed by atoms with Crippen LogP contribution in [0.15, 0.2) is 230 Å². The molecule has 1 atom stereocenters. The molecule has 0 saturated heterocycles. The van der Waals surface area contributed by atoms with E-state index in [2.05, 4.69) is 301 Å². The maximum atomic E-state index is 2.68. The second-order valence-corrected chi connectivity index (χ2v) is 24.9. The molecular formula is C73H68BN3. The maximum absolute atomic E-state index is 2.68. The Balaban J connectivity index is 1.14. The van der Waals surface area contributed by atoms with Gasteiger partial charge in [-0.05, 0) is 163 Å². The van der Waals surface area contributed by atoms with Gasteiger partial charge in [-0.25, -0.2) is 0 Å². The highest BCUT2D eigenvalue weighted by Crippen LogP contribution is 2.61. The molecule has 9 aromatic carbocycles. The van der Waals surface area contributed by atoms with Gasteiger partial charge in [-0.3, -0.25) is 0 Å². The zero-order valence-electron chi connectivity index (χ0n) is 46.2. The molecule has 77 heavy (non-hydrogen) atoms. The largest absolute Gasteiger partial charge is 0.311 e. The Morgan fingerprint density at radius 2 is 1.03 bits per heavy atom. The first-order chi connectivity index (χ1) is 37.1. The molecule has 0 amide bonds. The smallest absolute Gasteiger partial charge is 0.252 e. The summed E-state index contributed by atoms with van der Waals surface area (Å²) in [6, 6.07) is 78.6. The lowest BCUT2D eigenvalue weighted by molar-refractivity contribution is 0.590. The summed E-state index contributed by atoms with van der Waals surface area (Å²) in [5.41, 5.74) is 25.6. The van der Waals surface area contributed by atoms with E-state index in [1.54, 1.807) is 0 Å². The summed E-state index contributed by atoms with van der Waals surface area (Å²) < 4.78 is 0. The summed E-state index contributed by atoms with van der Waals surface area (Å²) in [4.78, 5) is 7.69. The highest BCUT2D eigenvalue weighted by atomic mass is 15.2. The minimum atomic E-state index is -0.496. The van der Waals surface area contributed by atoms with Crippen LogP contribution in [0.4, 0.5) is 51.2 Å². The first-order valence-electron chi connectivity index (χ1n) is 27.9. The number of rotatable bonds is 7. The Kier molecular flexibility index (Phi) is 11.4. The van der Waals surface area contributed by atoms with Crippen LogP contribution in [0.2, 0.25) is 0 Å². The minimum Gasteiger partial charge on any atom is -0.311 e.